The van der Waals surface area contributed by atoms with Crippen LogP contribution in [0.25, 0.3) is 16.8 Å². The fourth-order valence-corrected chi connectivity index (χ4v) is 3.95. The number of amides is 1. The number of carbonyl (C=O) groups is 1. The van der Waals surface area contributed by atoms with Crippen LogP contribution >= 0.6 is 11.6 Å². The van der Waals surface area contributed by atoms with Crippen molar-refractivity contribution in [2.75, 3.05) is 13.7 Å². The van der Waals surface area contributed by atoms with Crippen LogP contribution in [0.2, 0.25) is 5.02 Å². The highest BCUT2D eigenvalue weighted by Crippen LogP contribution is 2.34. The molecule has 1 saturated heterocycles. The molecule has 150 valence electrons. The van der Waals surface area contributed by atoms with Crippen molar-refractivity contribution in [3.05, 3.63) is 53.3 Å². The van der Waals surface area contributed by atoms with Crippen molar-refractivity contribution >= 4 is 17.5 Å². The molecule has 4 rings (SSSR count). The Labute approximate surface area is 174 Å². The van der Waals surface area contributed by atoms with Gasteiger partial charge in [-0.1, -0.05) is 11.6 Å². The first-order valence-corrected chi connectivity index (χ1v) is 9.98. The first-order valence-electron chi connectivity index (χ1n) is 9.60. The monoisotopic (exact) mass is 411 g/mol. The van der Waals surface area contributed by atoms with Crippen molar-refractivity contribution in [2.45, 2.75) is 32.2 Å². The van der Waals surface area contributed by atoms with Gasteiger partial charge < -0.3 is 9.64 Å². The maximum Gasteiger partial charge on any atom is 0.254 e. The number of tetrazole rings is 1. The van der Waals surface area contributed by atoms with E-state index in [1.165, 1.54) is 11.0 Å². The van der Waals surface area contributed by atoms with Crippen LogP contribution in [0.1, 0.15) is 36.5 Å². The van der Waals surface area contributed by atoms with E-state index in [0.29, 0.717) is 22.0 Å². The molecular weight excluding hydrogens is 390 g/mol. The smallest absolute Gasteiger partial charge is 0.254 e. The van der Waals surface area contributed by atoms with Gasteiger partial charge in [0.15, 0.2) is 0 Å². The second-order valence-electron chi connectivity index (χ2n) is 7.21. The molecule has 1 amide bonds. The van der Waals surface area contributed by atoms with E-state index < -0.39 is 0 Å². The van der Waals surface area contributed by atoms with Gasteiger partial charge in [0.05, 0.1) is 12.8 Å². The second-order valence-corrected chi connectivity index (χ2v) is 7.65. The summed E-state index contributed by atoms with van der Waals surface area (Å²) in [6, 6.07) is 11.3. The van der Waals surface area contributed by atoms with Crippen LogP contribution in [0.15, 0.2) is 42.7 Å². The molecule has 3 aromatic rings. The number of nitrogens with zero attached hydrogens (tertiary/aromatic N) is 5. The van der Waals surface area contributed by atoms with Gasteiger partial charge in [-0.2, -0.15) is 0 Å². The SMILES string of the molecule is COc1ccc(Cl)cc1-c1cc(C(=O)N2CCCCC2C)cc(-n2cnnn2)c1. The normalized spacial score (nSPS) is 16.7. The third kappa shape index (κ3) is 3.96. The van der Waals surface area contributed by atoms with Gasteiger partial charge in [-0.3, -0.25) is 4.79 Å². The maximum absolute atomic E-state index is 13.3. The fraction of sp³-hybridized carbons (Fsp3) is 0.333. The summed E-state index contributed by atoms with van der Waals surface area (Å²) in [5.41, 5.74) is 2.90. The van der Waals surface area contributed by atoms with Crippen LogP contribution in [0.3, 0.4) is 0 Å². The summed E-state index contributed by atoms with van der Waals surface area (Å²) >= 11 is 6.24. The van der Waals surface area contributed by atoms with E-state index in [1.54, 1.807) is 13.2 Å². The van der Waals surface area contributed by atoms with Gasteiger partial charge in [-0.05, 0) is 78.6 Å². The highest BCUT2D eigenvalue weighted by atomic mass is 35.5. The van der Waals surface area contributed by atoms with Crippen molar-refractivity contribution in [3.63, 3.8) is 0 Å². The topological polar surface area (TPSA) is 73.1 Å². The van der Waals surface area contributed by atoms with Crippen LogP contribution in [0.5, 0.6) is 5.75 Å². The molecule has 2 aromatic carbocycles. The summed E-state index contributed by atoms with van der Waals surface area (Å²) in [6.45, 7) is 2.87. The largest absolute Gasteiger partial charge is 0.496 e. The lowest BCUT2D eigenvalue weighted by Gasteiger charge is -2.33. The van der Waals surface area contributed by atoms with E-state index >= 15 is 0 Å². The van der Waals surface area contributed by atoms with Gasteiger partial charge in [0.1, 0.15) is 12.1 Å². The Morgan fingerprint density at radius 3 is 2.79 bits per heavy atom. The molecule has 1 aliphatic rings. The van der Waals surface area contributed by atoms with Gasteiger partial charge in [0.2, 0.25) is 0 Å². The molecule has 1 aromatic heterocycles. The molecule has 7 nitrogen and oxygen atoms in total. The third-order valence-electron chi connectivity index (χ3n) is 5.31. The number of methoxy groups -OCH3 is 1. The summed E-state index contributed by atoms with van der Waals surface area (Å²) < 4.78 is 7.06. The molecule has 0 spiro atoms. The van der Waals surface area contributed by atoms with Crippen molar-refractivity contribution < 1.29 is 9.53 Å². The molecule has 1 unspecified atom stereocenters. The predicted octanol–water partition coefficient (Wildman–Crippen LogP) is 4.01. The molecule has 29 heavy (non-hydrogen) atoms. The van der Waals surface area contributed by atoms with Gasteiger partial charge in [0, 0.05) is 28.7 Å². The number of piperidine rings is 1. The molecule has 1 fully saturated rings. The van der Waals surface area contributed by atoms with E-state index in [1.807, 2.05) is 35.2 Å². The van der Waals surface area contributed by atoms with E-state index in [4.69, 9.17) is 16.3 Å². The summed E-state index contributed by atoms with van der Waals surface area (Å²) in [6.07, 6.45) is 4.71. The number of halogens is 1. The number of likely N-dealkylation sites (tertiary alicyclic amines) is 1. The lowest BCUT2D eigenvalue weighted by Crippen LogP contribution is -2.42. The predicted molar refractivity (Wildman–Crippen MR) is 111 cm³/mol. The third-order valence-corrected chi connectivity index (χ3v) is 5.55. The van der Waals surface area contributed by atoms with Crippen molar-refractivity contribution in [3.8, 4) is 22.6 Å². The van der Waals surface area contributed by atoms with E-state index in [2.05, 4.69) is 22.4 Å². The molecule has 1 atom stereocenters. The van der Waals surface area contributed by atoms with Crippen molar-refractivity contribution in [1.29, 1.82) is 0 Å². The van der Waals surface area contributed by atoms with Gasteiger partial charge in [-0.25, -0.2) is 4.68 Å². The molecule has 0 bridgehead atoms. The first kappa shape index (κ1) is 19.4. The Hall–Kier alpha value is -2.93. The highest BCUT2D eigenvalue weighted by molar-refractivity contribution is 6.31. The Kier molecular flexibility index (Phi) is 5.49. The first-order chi connectivity index (χ1) is 14.1. The summed E-state index contributed by atoms with van der Waals surface area (Å²) in [4.78, 5) is 15.3. The quantitative estimate of drug-likeness (QED) is 0.648. The summed E-state index contributed by atoms with van der Waals surface area (Å²) in [5.74, 6) is 0.683. The van der Waals surface area contributed by atoms with Crippen LogP contribution in [0.4, 0.5) is 0 Å². The molecular formula is C21H22ClN5O2. The Bertz CT molecular complexity index is 1020. The summed E-state index contributed by atoms with van der Waals surface area (Å²) in [5, 5.41) is 12.0. The number of ether oxygens (including phenoxy) is 1. The molecule has 2 heterocycles. The van der Waals surface area contributed by atoms with Crippen molar-refractivity contribution in [2.24, 2.45) is 0 Å². The highest BCUT2D eigenvalue weighted by Gasteiger charge is 2.25. The molecule has 1 aliphatic heterocycles. The molecule has 0 saturated carbocycles. The van der Waals surface area contributed by atoms with E-state index in [0.717, 1.165) is 36.9 Å². The lowest BCUT2D eigenvalue weighted by molar-refractivity contribution is 0.0635. The van der Waals surface area contributed by atoms with E-state index in [9.17, 15) is 4.79 Å². The second kappa shape index (κ2) is 8.21. The average Bonchev–Trinajstić information content (AvgIpc) is 3.28. The van der Waals surface area contributed by atoms with Crippen LogP contribution in [-0.2, 0) is 0 Å². The Balaban J connectivity index is 1.84. The minimum Gasteiger partial charge on any atom is -0.496 e. The van der Waals surface area contributed by atoms with Gasteiger partial charge >= 0.3 is 0 Å². The number of hydrogen-bond acceptors (Lipinski definition) is 5. The number of hydrogen-bond donors (Lipinski definition) is 0. The zero-order chi connectivity index (χ0) is 20.4. The standard InChI is InChI=1S/C21H22ClN5O2/c1-14-5-3-4-8-26(14)21(28)16-9-15(10-18(11-16)27-13-23-24-25-27)19-12-17(22)6-7-20(19)29-2/h6-7,9-14H,3-5,8H2,1-2H3. The van der Waals surface area contributed by atoms with Crippen LogP contribution in [0, 0.1) is 0 Å². The van der Waals surface area contributed by atoms with Gasteiger partial charge in [-0.15, -0.1) is 5.10 Å². The maximum atomic E-state index is 13.3. The number of benzene rings is 2. The minimum absolute atomic E-state index is 0.00868. The number of aromatic nitrogens is 4. The van der Waals surface area contributed by atoms with Crippen molar-refractivity contribution in [1.82, 2.24) is 25.1 Å². The molecule has 0 radical (unpaired) electrons. The van der Waals surface area contributed by atoms with Gasteiger partial charge in [0.25, 0.3) is 5.91 Å². The Morgan fingerprint density at radius 2 is 2.07 bits per heavy atom. The zero-order valence-electron chi connectivity index (χ0n) is 16.4. The van der Waals surface area contributed by atoms with Crippen LogP contribution in [-0.4, -0.2) is 50.7 Å². The number of rotatable bonds is 4. The molecule has 8 heteroatoms. The molecule has 0 aliphatic carbocycles. The fourth-order valence-electron chi connectivity index (χ4n) is 3.77. The van der Waals surface area contributed by atoms with Crippen LogP contribution < -0.4 is 4.74 Å². The minimum atomic E-state index is 0.00868. The number of carbonyl (C=O) groups excluding carboxylic acids is 1. The lowest BCUT2D eigenvalue weighted by atomic mass is 9.98. The Morgan fingerprint density at radius 1 is 1.21 bits per heavy atom. The summed E-state index contributed by atoms with van der Waals surface area (Å²) in [7, 11) is 1.61. The zero-order valence-corrected chi connectivity index (χ0v) is 17.1. The molecule has 0 N–H and O–H groups in total. The van der Waals surface area contributed by atoms with E-state index in [-0.39, 0.29) is 11.9 Å². The average molecular weight is 412 g/mol.